The van der Waals surface area contributed by atoms with Crippen LogP contribution < -0.4 is 0 Å². The van der Waals surface area contributed by atoms with Crippen LogP contribution in [0, 0.1) is 0 Å². The molecule has 0 spiro atoms. The number of hydrogen-bond donors (Lipinski definition) is 0. The Balaban J connectivity index is 4.07. The number of ether oxygens (including phenoxy) is 3. The van der Waals surface area contributed by atoms with E-state index in [-0.39, 0.29) is 31.1 Å². The molecular formula is C53H90O6. The van der Waals surface area contributed by atoms with Crippen molar-refractivity contribution in [1.82, 2.24) is 0 Å². The molecule has 0 aliphatic rings. The summed E-state index contributed by atoms with van der Waals surface area (Å²) >= 11 is 0. The van der Waals surface area contributed by atoms with Crippen molar-refractivity contribution in [3.05, 3.63) is 72.9 Å². The molecule has 0 aromatic rings. The number of carbonyl (C=O) groups excluding carboxylic acids is 3. The fourth-order valence-corrected chi connectivity index (χ4v) is 6.56. The monoisotopic (exact) mass is 823 g/mol. The standard InChI is InChI=1S/C53H90O6/c1-4-7-10-13-16-18-19-20-21-22-23-24-25-26-27-28-29-30-31-32-33-34-35-36-38-40-43-46-52(55)58-49-50(48-57-51(54)45-42-39-15-12-9-6-3)59-53(56)47-44-41-37-17-14-11-8-5-2/h7,10,16,18,20-21,23-24,26-27,29-30,50H,4-6,8-9,11-15,17,19,22,25,28,31-49H2,1-3H3/b10-7-,18-16-,21-20-,24-23-,27-26-,30-29-. The van der Waals surface area contributed by atoms with Gasteiger partial charge in [-0.15, -0.1) is 0 Å². The summed E-state index contributed by atoms with van der Waals surface area (Å²) in [4.78, 5) is 37.5. The number of esters is 3. The summed E-state index contributed by atoms with van der Waals surface area (Å²) in [5.74, 6) is -0.902. The minimum atomic E-state index is -0.770. The lowest BCUT2D eigenvalue weighted by atomic mass is 10.1. The Kier molecular flexibility index (Phi) is 45.0. The summed E-state index contributed by atoms with van der Waals surface area (Å²) in [6.07, 6.45) is 59.3. The first-order valence-corrected chi connectivity index (χ1v) is 24.4. The van der Waals surface area contributed by atoms with Crippen molar-refractivity contribution < 1.29 is 28.6 Å². The first kappa shape index (κ1) is 55.9. The van der Waals surface area contributed by atoms with Crippen molar-refractivity contribution in [2.75, 3.05) is 13.2 Å². The second-order valence-electron chi connectivity index (χ2n) is 16.0. The van der Waals surface area contributed by atoms with E-state index < -0.39 is 6.10 Å². The third kappa shape index (κ3) is 45.8. The molecule has 0 amide bonds. The number of allylic oxidation sites excluding steroid dienone is 12. The van der Waals surface area contributed by atoms with E-state index in [9.17, 15) is 14.4 Å². The molecule has 0 bridgehead atoms. The zero-order valence-corrected chi connectivity index (χ0v) is 38.5. The average molecular weight is 823 g/mol. The molecule has 0 heterocycles. The van der Waals surface area contributed by atoms with E-state index in [1.54, 1.807) is 0 Å². The lowest BCUT2D eigenvalue weighted by Crippen LogP contribution is -2.30. The molecule has 1 unspecified atom stereocenters. The lowest BCUT2D eigenvalue weighted by molar-refractivity contribution is -0.167. The minimum absolute atomic E-state index is 0.0769. The van der Waals surface area contributed by atoms with Crippen LogP contribution in [0.1, 0.15) is 226 Å². The Bertz CT molecular complexity index is 1130. The molecule has 6 nitrogen and oxygen atoms in total. The van der Waals surface area contributed by atoms with Gasteiger partial charge in [0.2, 0.25) is 0 Å². The van der Waals surface area contributed by atoms with Gasteiger partial charge >= 0.3 is 17.9 Å². The van der Waals surface area contributed by atoms with E-state index in [1.165, 1.54) is 83.5 Å². The molecule has 0 radical (unpaired) electrons. The molecule has 0 rings (SSSR count). The van der Waals surface area contributed by atoms with Crippen molar-refractivity contribution in [3.8, 4) is 0 Å². The van der Waals surface area contributed by atoms with Crippen LogP contribution in [-0.4, -0.2) is 37.2 Å². The van der Waals surface area contributed by atoms with Crippen molar-refractivity contribution in [3.63, 3.8) is 0 Å². The van der Waals surface area contributed by atoms with Gasteiger partial charge < -0.3 is 14.2 Å². The smallest absolute Gasteiger partial charge is 0.306 e. The van der Waals surface area contributed by atoms with Gasteiger partial charge in [-0.1, -0.05) is 209 Å². The van der Waals surface area contributed by atoms with Gasteiger partial charge in [-0.05, 0) is 70.6 Å². The summed E-state index contributed by atoms with van der Waals surface area (Å²) in [7, 11) is 0. The van der Waals surface area contributed by atoms with Gasteiger partial charge in [-0.3, -0.25) is 14.4 Å². The van der Waals surface area contributed by atoms with Crippen molar-refractivity contribution in [2.45, 2.75) is 232 Å². The van der Waals surface area contributed by atoms with E-state index in [2.05, 4.69) is 93.7 Å². The number of hydrogen-bond acceptors (Lipinski definition) is 6. The molecule has 0 fully saturated rings. The summed E-state index contributed by atoms with van der Waals surface area (Å²) in [5, 5.41) is 0. The maximum Gasteiger partial charge on any atom is 0.306 e. The Morgan fingerprint density at radius 1 is 0.356 bits per heavy atom. The third-order valence-corrected chi connectivity index (χ3v) is 10.2. The highest BCUT2D eigenvalue weighted by Crippen LogP contribution is 2.14. The minimum Gasteiger partial charge on any atom is -0.462 e. The predicted molar refractivity (Wildman–Crippen MR) is 251 cm³/mol. The van der Waals surface area contributed by atoms with Crippen LogP contribution in [-0.2, 0) is 28.6 Å². The molecule has 59 heavy (non-hydrogen) atoms. The molecule has 1 atom stereocenters. The first-order chi connectivity index (χ1) is 29.0. The molecule has 6 heteroatoms. The zero-order chi connectivity index (χ0) is 43.0. The molecule has 0 aromatic heterocycles. The highest BCUT2D eigenvalue weighted by atomic mass is 16.6. The molecule has 338 valence electrons. The third-order valence-electron chi connectivity index (χ3n) is 10.2. The van der Waals surface area contributed by atoms with E-state index in [0.717, 1.165) is 103 Å². The lowest BCUT2D eigenvalue weighted by Gasteiger charge is -2.18. The SMILES string of the molecule is CC/C=C\C/C=C\C/C=C\C/C=C\C/C=C\C/C=C\CCCCCCCCCCC(=O)OCC(COC(=O)CCCCCCCC)OC(=O)CCCCCCCCCC. The normalized spacial score (nSPS) is 12.7. The van der Waals surface area contributed by atoms with Crippen LogP contribution in [0.25, 0.3) is 0 Å². The Hall–Kier alpha value is -3.15. The molecule has 0 saturated carbocycles. The van der Waals surface area contributed by atoms with Crippen LogP contribution in [0.5, 0.6) is 0 Å². The second kappa shape index (κ2) is 47.5. The van der Waals surface area contributed by atoms with Crippen molar-refractivity contribution >= 4 is 17.9 Å². The van der Waals surface area contributed by atoms with Crippen molar-refractivity contribution in [2.24, 2.45) is 0 Å². The van der Waals surface area contributed by atoms with Gasteiger partial charge in [0.15, 0.2) is 6.10 Å². The summed E-state index contributed by atoms with van der Waals surface area (Å²) in [5.41, 5.74) is 0. The van der Waals surface area contributed by atoms with E-state index in [1.807, 2.05) is 0 Å². The van der Waals surface area contributed by atoms with E-state index >= 15 is 0 Å². The second-order valence-corrected chi connectivity index (χ2v) is 16.0. The van der Waals surface area contributed by atoms with Gasteiger partial charge in [-0.2, -0.15) is 0 Å². The van der Waals surface area contributed by atoms with Crippen LogP contribution in [0.2, 0.25) is 0 Å². The Morgan fingerprint density at radius 2 is 0.661 bits per heavy atom. The van der Waals surface area contributed by atoms with E-state index in [0.29, 0.717) is 19.3 Å². The molecule has 0 aromatic carbocycles. The molecule has 0 N–H and O–H groups in total. The van der Waals surface area contributed by atoms with Crippen LogP contribution in [0.3, 0.4) is 0 Å². The van der Waals surface area contributed by atoms with E-state index in [4.69, 9.17) is 14.2 Å². The van der Waals surface area contributed by atoms with Gasteiger partial charge in [0.1, 0.15) is 13.2 Å². The maximum absolute atomic E-state index is 12.6. The molecule has 0 aliphatic carbocycles. The van der Waals surface area contributed by atoms with Gasteiger partial charge in [0.05, 0.1) is 0 Å². The van der Waals surface area contributed by atoms with Crippen LogP contribution in [0.4, 0.5) is 0 Å². The Morgan fingerprint density at radius 3 is 1.03 bits per heavy atom. The topological polar surface area (TPSA) is 78.9 Å². The first-order valence-electron chi connectivity index (χ1n) is 24.4. The molecule has 0 aliphatic heterocycles. The summed E-state index contributed by atoms with van der Waals surface area (Å²) in [6.45, 7) is 6.41. The van der Waals surface area contributed by atoms with Gasteiger partial charge in [0.25, 0.3) is 0 Å². The summed E-state index contributed by atoms with van der Waals surface area (Å²) < 4.78 is 16.6. The number of carbonyl (C=O) groups is 3. The van der Waals surface area contributed by atoms with Crippen LogP contribution in [0.15, 0.2) is 72.9 Å². The molecular weight excluding hydrogens is 733 g/mol. The highest BCUT2D eigenvalue weighted by Gasteiger charge is 2.19. The fraction of sp³-hybridized carbons (Fsp3) is 0.717. The zero-order valence-electron chi connectivity index (χ0n) is 38.5. The number of unbranched alkanes of at least 4 members (excludes halogenated alkanes) is 20. The van der Waals surface area contributed by atoms with Crippen LogP contribution >= 0.6 is 0 Å². The molecule has 0 saturated heterocycles. The van der Waals surface area contributed by atoms with Gasteiger partial charge in [-0.25, -0.2) is 0 Å². The average Bonchev–Trinajstić information content (AvgIpc) is 3.23. The quantitative estimate of drug-likeness (QED) is 0.0264. The maximum atomic E-state index is 12.6. The van der Waals surface area contributed by atoms with Crippen molar-refractivity contribution in [1.29, 1.82) is 0 Å². The highest BCUT2D eigenvalue weighted by molar-refractivity contribution is 5.71. The summed E-state index contributed by atoms with van der Waals surface area (Å²) in [6, 6.07) is 0. The van der Waals surface area contributed by atoms with Gasteiger partial charge in [0, 0.05) is 19.3 Å². The fourth-order valence-electron chi connectivity index (χ4n) is 6.56. The largest absolute Gasteiger partial charge is 0.462 e. The predicted octanol–water partition coefficient (Wildman–Crippen LogP) is 15.9. The Labute approximate surface area is 363 Å². The number of rotatable bonds is 43.